The third kappa shape index (κ3) is 1.81. The SMILES string of the molecule is O=[N+]([O-])c1c(NC2CC(O)C2)ccc2scnc12. The summed E-state index contributed by atoms with van der Waals surface area (Å²) in [6, 6.07) is 3.65. The van der Waals surface area contributed by atoms with Crippen molar-refractivity contribution in [2.45, 2.75) is 25.0 Å². The molecule has 7 heteroatoms. The number of anilines is 1. The highest BCUT2D eigenvalue weighted by atomic mass is 32.1. The maximum absolute atomic E-state index is 11.2. The first kappa shape index (κ1) is 11.4. The van der Waals surface area contributed by atoms with Gasteiger partial charge >= 0.3 is 5.69 Å². The lowest BCUT2D eigenvalue weighted by atomic mass is 9.89. The van der Waals surface area contributed by atoms with Gasteiger partial charge < -0.3 is 10.4 Å². The molecule has 0 aliphatic heterocycles. The summed E-state index contributed by atoms with van der Waals surface area (Å²) >= 11 is 1.38. The van der Waals surface area contributed by atoms with Crippen LogP contribution in [0.5, 0.6) is 0 Å². The van der Waals surface area contributed by atoms with E-state index in [0.29, 0.717) is 24.0 Å². The number of aliphatic hydroxyl groups is 1. The van der Waals surface area contributed by atoms with Gasteiger partial charge in [0.25, 0.3) is 0 Å². The number of hydrogen-bond donors (Lipinski definition) is 2. The van der Waals surface area contributed by atoms with Crippen LogP contribution in [0.25, 0.3) is 10.2 Å². The van der Waals surface area contributed by atoms with Crippen LogP contribution in [0.15, 0.2) is 17.6 Å². The molecule has 1 heterocycles. The van der Waals surface area contributed by atoms with E-state index in [2.05, 4.69) is 10.3 Å². The Morgan fingerprint density at radius 2 is 2.28 bits per heavy atom. The van der Waals surface area contributed by atoms with Gasteiger partial charge in [-0.1, -0.05) is 0 Å². The summed E-state index contributed by atoms with van der Waals surface area (Å²) in [5, 5.41) is 23.5. The highest BCUT2D eigenvalue weighted by Crippen LogP contribution is 2.36. The summed E-state index contributed by atoms with van der Waals surface area (Å²) in [6.07, 6.45) is 0.975. The minimum atomic E-state index is -0.403. The third-order valence-electron chi connectivity index (χ3n) is 3.13. The van der Waals surface area contributed by atoms with Crippen molar-refractivity contribution < 1.29 is 10.0 Å². The van der Waals surface area contributed by atoms with E-state index in [1.807, 2.05) is 6.07 Å². The van der Waals surface area contributed by atoms with E-state index < -0.39 is 4.92 Å². The van der Waals surface area contributed by atoms with E-state index in [0.717, 1.165) is 4.70 Å². The Balaban J connectivity index is 1.99. The minimum Gasteiger partial charge on any atom is -0.393 e. The number of aromatic nitrogens is 1. The van der Waals surface area contributed by atoms with Gasteiger partial charge in [0.2, 0.25) is 0 Å². The molecule has 0 unspecified atom stereocenters. The van der Waals surface area contributed by atoms with Crippen molar-refractivity contribution in [3.63, 3.8) is 0 Å². The summed E-state index contributed by atoms with van der Waals surface area (Å²) in [5.41, 5.74) is 2.54. The maximum atomic E-state index is 11.2. The van der Waals surface area contributed by atoms with Gasteiger partial charge in [0, 0.05) is 6.04 Å². The van der Waals surface area contributed by atoms with Crippen molar-refractivity contribution in [1.82, 2.24) is 4.98 Å². The Morgan fingerprint density at radius 1 is 1.50 bits per heavy atom. The number of aliphatic hydroxyl groups excluding tert-OH is 1. The molecule has 1 aromatic carbocycles. The van der Waals surface area contributed by atoms with Crippen LogP contribution in [0.2, 0.25) is 0 Å². The lowest BCUT2D eigenvalue weighted by Gasteiger charge is -2.32. The first-order chi connectivity index (χ1) is 8.65. The molecular weight excluding hydrogens is 254 g/mol. The number of nitrogens with one attached hydrogen (secondary N) is 1. The number of nitrogens with zero attached hydrogens (tertiary/aromatic N) is 2. The molecule has 0 atom stereocenters. The molecule has 18 heavy (non-hydrogen) atoms. The smallest absolute Gasteiger partial charge is 0.319 e. The minimum absolute atomic E-state index is 0.0233. The topological polar surface area (TPSA) is 88.3 Å². The normalized spacial score (nSPS) is 22.7. The number of nitro benzene ring substituents is 1. The van der Waals surface area contributed by atoms with E-state index in [1.54, 1.807) is 11.6 Å². The van der Waals surface area contributed by atoms with Crippen molar-refractivity contribution in [3.8, 4) is 0 Å². The summed E-state index contributed by atoms with van der Waals surface area (Å²) in [4.78, 5) is 14.8. The fraction of sp³-hybridized carbons (Fsp3) is 0.364. The zero-order valence-electron chi connectivity index (χ0n) is 9.37. The number of nitro groups is 1. The van der Waals surface area contributed by atoms with Crippen molar-refractivity contribution >= 4 is 32.9 Å². The van der Waals surface area contributed by atoms with Crippen molar-refractivity contribution in [2.24, 2.45) is 0 Å². The molecule has 0 saturated heterocycles. The first-order valence-electron chi connectivity index (χ1n) is 5.60. The average molecular weight is 265 g/mol. The molecule has 1 fully saturated rings. The van der Waals surface area contributed by atoms with E-state index in [9.17, 15) is 15.2 Å². The lowest BCUT2D eigenvalue weighted by Crippen LogP contribution is -2.39. The molecule has 1 saturated carbocycles. The average Bonchev–Trinajstić information content (AvgIpc) is 2.73. The summed E-state index contributed by atoms with van der Waals surface area (Å²) in [6.45, 7) is 0. The second kappa shape index (κ2) is 4.18. The Bertz CT molecular complexity index is 607. The number of fused-ring (bicyclic) bond motifs is 1. The predicted octanol–water partition coefficient (Wildman–Crippen LogP) is 2.14. The van der Waals surface area contributed by atoms with Gasteiger partial charge in [-0.15, -0.1) is 11.3 Å². The van der Waals surface area contributed by atoms with Crippen LogP contribution in [0.3, 0.4) is 0 Å². The van der Waals surface area contributed by atoms with Crippen molar-refractivity contribution in [3.05, 3.63) is 27.8 Å². The van der Waals surface area contributed by atoms with Crippen LogP contribution in [-0.4, -0.2) is 27.2 Å². The summed E-state index contributed by atoms with van der Waals surface area (Å²) < 4.78 is 0.806. The van der Waals surface area contributed by atoms with Gasteiger partial charge in [0.1, 0.15) is 5.69 Å². The Morgan fingerprint density at radius 3 is 2.94 bits per heavy atom. The fourth-order valence-electron chi connectivity index (χ4n) is 2.14. The molecule has 1 aromatic heterocycles. The van der Waals surface area contributed by atoms with E-state index >= 15 is 0 Å². The van der Waals surface area contributed by atoms with E-state index in [-0.39, 0.29) is 17.8 Å². The number of benzene rings is 1. The van der Waals surface area contributed by atoms with Gasteiger partial charge in [-0.05, 0) is 25.0 Å². The van der Waals surface area contributed by atoms with Gasteiger partial charge in [-0.25, -0.2) is 4.98 Å². The van der Waals surface area contributed by atoms with Crippen LogP contribution < -0.4 is 5.32 Å². The van der Waals surface area contributed by atoms with Gasteiger partial charge in [-0.3, -0.25) is 10.1 Å². The van der Waals surface area contributed by atoms with Crippen molar-refractivity contribution in [1.29, 1.82) is 0 Å². The lowest BCUT2D eigenvalue weighted by molar-refractivity contribution is -0.382. The molecule has 1 aliphatic rings. The predicted molar refractivity (Wildman–Crippen MR) is 68.9 cm³/mol. The zero-order chi connectivity index (χ0) is 12.7. The molecule has 3 rings (SSSR count). The largest absolute Gasteiger partial charge is 0.393 e. The Kier molecular flexibility index (Phi) is 2.64. The molecule has 94 valence electrons. The summed E-state index contributed by atoms with van der Waals surface area (Å²) in [7, 11) is 0. The van der Waals surface area contributed by atoms with Gasteiger partial charge in [-0.2, -0.15) is 0 Å². The van der Waals surface area contributed by atoms with E-state index in [4.69, 9.17) is 0 Å². The molecule has 0 bridgehead atoms. The zero-order valence-corrected chi connectivity index (χ0v) is 10.2. The molecule has 0 radical (unpaired) electrons. The molecule has 0 spiro atoms. The quantitative estimate of drug-likeness (QED) is 0.655. The monoisotopic (exact) mass is 265 g/mol. The van der Waals surface area contributed by atoms with Crippen LogP contribution in [0.1, 0.15) is 12.8 Å². The Labute approximate surface area is 106 Å². The number of thiazole rings is 1. The van der Waals surface area contributed by atoms with E-state index in [1.165, 1.54) is 11.3 Å². The van der Waals surface area contributed by atoms with Gasteiger partial charge in [0.05, 0.1) is 21.2 Å². The molecule has 1 aliphatic carbocycles. The van der Waals surface area contributed by atoms with Gasteiger partial charge in [0.15, 0.2) is 5.52 Å². The molecule has 6 nitrogen and oxygen atoms in total. The summed E-state index contributed by atoms with van der Waals surface area (Å²) in [5.74, 6) is 0. The van der Waals surface area contributed by atoms with Crippen LogP contribution >= 0.6 is 11.3 Å². The molecule has 2 aromatic rings. The first-order valence-corrected chi connectivity index (χ1v) is 6.48. The standard InChI is InChI=1S/C11H11N3O3S/c15-7-3-6(4-7)13-8-1-2-9-10(12-5-18-9)11(8)14(16)17/h1-2,5-7,13,15H,3-4H2. The molecule has 2 N–H and O–H groups in total. The maximum Gasteiger partial charge on any atom is 0.319 e. The molecular formula is C11H11N3O3S. The second-order valence-corrected chi connectivity index (χ2v) is 5.27. The Hall–Kier alpha value is -1.73. The van der Waals surface area contributed by atoms with Crippen LogP contribution in [-0.2, 0) is 0 Å². The number of hydrogen-bond acceptors (Lipinski definition) is 6. The van der Waals surface area contributed by atoms with Crippen molar-refractivity contribution in [2.75, 3.05) is 5.32 Å². The number of rotatable bonds is 3. The molecule has 0 amide bonds. The second-order valence-electron chi connectivity index (χ2n) is 4.38. The highest BCUT2D eigenvalue weighted by Gasteiger charge is 2.30. The fourth-order valence-corrected chi connectivity index (χ4v) is 2.82. The third-order valence-corrected chi connectivity index (χ3v) is 3.93. The van der Waals surface area contributed by atoms with Crippen LogP contribution in [0, 0.1) is 10.1 Å². The van der Waals surface area contributed by atoms with Crippen LogP contribution in [0.4, 0.5) is 11.4 Å². The highest BCUT2D eigenvalue weighted by molar-refractivity contribution is 7.16.